The van der Waals surface area contributed by atoms with E-state index in [1.165, 1.54) is 0 Å². The van der Waals surface area contributed by atoms with E-state index >= 15 is 0 Å². The lowest BCUT2D eigenvalue weighted by Crippen LogP contribution is -2.38. The van der Waals surface area contributed by atoms with Gasteiger partial charge >= 0.3 is 0 Å². The maximum Gasteiger partial charge on any atom is 0.270 e. The minimum absolute atomic E-state index is 0.201. The zero-order chi connectivity index (χ0) is 11.4. The number of aryl methyl sites for hydroxylation is 1. The lowest BCUT2D eigenvalue weighted by Gasteiger charge is -2.15. The van der Waals surface area contributed by atoms with E-state index in [0.29, 0.717) is 12.1 Å². The molecule has 0 saturated heterocycles. The SMILES string of the molecule is CCCN(N)C(=O)c1ccc(C)nc1Cl. The highest BCUT2D eigenvalue weighted by Crippen LogP contribution is 2.14. The lowest BCUT2D eigenvalue weighted by atomic mass is 10.2. The molecule has 0 bridgehead atoms. The Morgan fingerprint density at radius 1 is 1.60 bits per heavy atom. The highest BCUT2D eigenvalue weighted by Gasteiger charge is 2.15. The normalized spacial score (nSPS) is 10.1. The zero-order valence-electron chi connectivity index (χ0n) is 8.83. The van der Waals surface area contributed by atoms with Crippen LogP contribution in [0, 0.1) is 6.92 Å². The Morgan fingerprint density at radius 3 is 2.80 bits per heavy atom. The summed E-state index contributed by atoms with van der Waals surface area (Å²) in [7, 11) is 0. The molecule has 0 unspecified atom stereocenters. The molecule has 4 nitrogen and oxygen atoms in total. The van der Waals surface area contributed by atoms with Crippen molar-refractivity contribution in [2.24, 2.45) is 5.84 Å². The second kappa shape index (κ2) is 5.09. The van der Waals surface area contributed by atoms with Crippen molar-refractivity contribution in [3.8, 4) is 0 Å². The van der Waals surface area contributed by atoms with Gasteiger partial charge in [-0.3, -0.25) is 9.80 Å². The first-order valence-corrected chi connectivity index (χ1v) is 5.13. The number of carbonyl (C=O) groups is 1. The molecule has 1 rings (SSSR count). The number of halogens is 1. The van der Waals surface area contributed by atoms with Gasteiger partial charge in [0.25, 0.3) is 5.91 Å². The molecule has 0 aliphatic carbocycles. The van der Waals surface area contributed by atoms with Gasteiger partial charge in [-0.25, -0.2) is 10.8 Å². The fraction of sp³-hybridized carbons (Fsp3) is 0.400. The number of nitrogens with two attached hydrogens (primary N) is 1. The predicted octanol–water partition coefficient (Wildman–Crippen LogP) is 1.77. The van der Waals surface area contributed by atoms with Crippen LogP contribution in [0.2, 0.25) is 5.15 Å². The lowest BCUT2D eigenvalue weighted by molar-refractivity contribution is 0.0755. The molecule has 0 fully saturated rings. The van der Waals surface area contributed by atoms with Crippen molar-refractivity contribution in [3.05, 3.63) is 28.5 Å². The van der Waals surface area contributed by atoms with Gasteiger partial charge in [-0.2, -0.15) is 0 Å². The molecule has 0 radical (unpaired) electrons. The molecule has 0 aliphatic heterocycles. The minimum Gasteiger partial charge on any atom is -0.277 e. The van der Waals surface area contributed by atoms with Crippen LogP contribution in [0.15, 0.2) is 12.1 Å². The van der Waals surface area contributed by atoms with Crippen molar-refractivity contribution in [1.29, 1.82) is 0 Å². The molecule has 1 heterocycles. The predicted molar refractivity (Wildman–Crippen MR) is 59.5 cm³/mol. The highest BCUT2D eigenvalue weighted by molar-refractivity contribution is 6.32. The van der Waals surface area contributed by atoms with Gasteiger partial charge in [-0.15, -0.1) is 0 Å². The first-order valence-electron chi connectivity index (χ1n) is 4.76. The summed E-state index contributed by atoms with van der Waals surface area (Å²) in [6, 6.07) is 3.38. The minimum atomic E-state index is -0.297. The van der Waals surface area contributed by atoms with E-state index in [1.54, 1.807) is 12.1 Å². The number of hydrogen-bond acceptors (Lipinski definition) is 3. The summed E-state index contributed by atoms with van der Waals surface area (Å²) in [5.41, 5.74) is 1.12. The molecule has 2 N–H and O–H groups in total. The molecule has 0 atom stereocenters. The third kappa shape index (κ3) is 2.91. The van der Waals surface area contributed by atoms with E-state index < -0.39 is 0 Å². The number of amides is 1. The van der Waals surface area contributed by atoms with Gasteiger partial charge in [0.05, 0.1) is 5.56 Å². The molecule has 82 valence electrons. The standard InChI is InChI=1S/C10H14ClN3O/c1-3-6-14(12)10(15)8-5-4-7(2)13-9(8)11/h4-5H,3,6,12H2,1-2H3. The highest BCUT2D eigenvalue weighted by atomic mass is 35.5. The van der Waals surface area contributed by atoms with Crippen molar-refractivity contribution < 1.29 is 4.79 Å². The van der Waals surface area contributed by atoms with E-state index in [2.05, 4.69) is 4.98 Å². The van der Waals surface area contributed by atoms with Gasteiger partial charge in [-0.05, 0) is 25.5 Å². The van der Waals surface area contributed by atoms with Gasteiger partial charge in [0.2, 0.25) is 0 Å². The number of rotatable bonds is 3. The summed E-state index contributed by atoms with van der Waals surface area (Å²) in [5.74, 6) is 5.27. The van der Waals surface area contributed by atoms with Crippen LogP contribution in [-0.4, -0.2) is 22.4 Å². The Bertz CT molecular complexity index is 368. The van der Waals surface area contributed by atoms with Gasteiger partial charge in [0, 0.05) is 12.2 Å². The van der Waals surface area contributed by atoms with Crippen molar-refractivity contribution in [2.45, 2.75) is 20.3 Å². The fourth-order valence-electron chi connectivity index (χ4n) is 1.18. The smallest absolute Gasteiger partial charge is 0.270 e. The third-order valence-electron chi connectivity index (χ3n) is 1.94. The number of nitrogens with zero attached hydrogens (tertiary/aromatic N) is 2. The topological polar surface area (TPSA) is 59.2 Å². The van der Waals surface area contributed by atoms with Crippen molar-refractivity contribution >= 4 is 17.5 Å². The van der Waals surface area contributed by atoms with Gasteiger partial charge in [0.15, 0.2) is 0 Å². The monoisotopic (exact) mass is 227 g/mol. The average molecular weight is 228 g/mol. The van der Waals surface area contributed by atoms with Crippen LogP contribution >= 0.6 is 11.6 Å². The van der Waals surface area contributed by atoms with Crippen LogP contribution in [-0.2, 0) is 0 Å². The molecule has 0 aliphatic rings. The molecule has 0 spiro atoms. The largest absolute Gasteiger partial charge is 0.277 e. The second-order valence-electron chi connectivity index (χ2n) is 3.29. The van der Waals surface area contributed by atoms with Crippen molar-refractivity contribution in [2.75, 3.05) is 6.54 Å². The summed E-state index contributed by atoms with van der Waals surface area (Å²) < 4.78 is 0. The number of pyridine rings is 1. The molecular weight excluding hydrogens is 214 g/mol. The zero-order valence-corrected chi connectivity index (χ0v) is 9.58. The van der Waals surface area contributed by atoms with E-state index in [4.69, 9.17) is 17.4 Å². The molecule has 0 saturated carbocycles. The average Bonchev–Trinajstić information content (AvgIpc) is 2.17. The van der Waals surface area contributed by atoms with Crippen LogP contribution in [0.1, 0.15) is 29.4 Å². The molecule has 15 heavy (non-hydrogen) atoms. The van der Waals surface area contributed by atoms with Crippen LogP contribution < -0.4 is 5.84 Å². The van der Waals surface area contributed by atoms with E-state index in [-0.39, 0.29) is 11.1 Å². The van der Waals surface area contributed by atoms with Crippen LogP contribution in [0.4, 0.5) is 0 Å². The molecular formula is C10H14ClN3O. The van der Waals surface area contributed by atoms with Crippen LogP contribution in [0.5, 0.6) is 0 Å². The summed E-state index contributed by atoms with van der Waals surface area (Å²) in [5, 5.41) is 1.35. The summed E-state index contributed by atoms with van der Waals surface area (Å²) >= 11 is 5.85. The molecule has 1 aromatic rings. The van der Waals surface area contributed by atoms with E-state index in [9.17, 15) is 4.79 Å². The molecule has 1 aromatic heterocycles. The van der Waals surface area contributed by atoms with E-state index in [1.807, 2.05) is 13.8 Å². The molecule has 1 amide bonds. The Balaban J connectivity index is 2.91. The summed E-state index contributed by atoms with van der Waals surface area (Å²) in [6.07, 6.45) is 0.805. The number of hydrazine groups is 1. The third-order valence-corrected chi connectivity index (χ3v) is 2.23. The Hall–Kier alpha value is -1.13. The number of hydrogen-bond donors (Lipinski definition) is 1. The Morgan fingerprint density at radius 2 is 2.27 bits per heavy atom. The summed E-state index contributed by atoms with van der Waals surface area (Å²) in [4.78, 5) is 15.7. The molecule has 5 heteroatoms. The number of aromatic nitrogens is 1. The summed E-state index contributed by atoms with van der Waals surface area (Å²) in [6.45, 7) is 4.26. The fourth-order valence-corrected chi connectivity index (χ4v) is 1.46. The van der Waals surface area contributed by atoms with Gasteiger partial charge < -0.3 is 0 Å². The van der Waals surface area contributed by atoms with Crippen molar-refractivity contribution in [3.63, 3.8) is 0 Å². The number of carbonyl (C=O) groups excluding carboxylic acids is 1. The quantitative estimate of drug-likeness (QED) is 0.371. The van der Waals surface area contributed by atoms with Crippen molar-refractivity contribution in [1.82, 2.24) is 9.99 Å². The first-order chi connectivity index (χ1) is 7.06. The Kier molecular flexibility index (Phi) is 4.05. The van der Waals surface area contributed by atoms with Gasteiger partial charge in [-0.1, -0.05) is 18.5 Å². The first kappa shape index (κ1) is 11.9. The van der Waals surface area contributed by atoms with Crippen LogP contribution in [0.25, 0.3) is 0 Å². The van der Waals surface area contributed by atoms with E-state index in [0.717, 1.165) is 17.1 Å². The second-order valence-corrected chi connectivity index (χ2v) is 3.65. The molecule has 0 aromatic carbocycles. The van der Waals surface area contributed by atoms with Gasteiger partial charge in [0.1, 0.15) is 5.15 Å². The van der Waals surface area contributed by atoms with Crippen LogP contribution in [0.3, 0.4) is 0 Å². The maximum atomic E-state index is 11.7. The Labute approximate surface area is 94.0 Å². The maximum absolute atomic E-state index is 11.7.